The number of nitrogens with zero attached hydrogens (tertiary/aromatic N) is 1. The van der Waals surface area contributed by atoms with Crippen LogP contribution in [0.15, 0.2) is 48.8 Å². The minimum atomic E-state index is -0.296. The molecule has 0 spiro atoms. The quantitative estimate of drug-likeness (QED) is 0.847. The van der Waals surface area contributed by atoms with Crippen molar-refractivity contribution < 1.29 is 9.59 Å². The molecule has 2 N–H and O–H groups in total. The number of anilines is 1. The molecule has 0 radical (unpaired) electrons. The molecule has 108 valence electrons. The number of ketones is 1. The lowest BCUT2D eigenvalue weighted by Crippen LogP contribution is -2.31. The van der Waals surface area contributed by atoms with E-state index in [2.05, 4.69) is 15.6 Å². The lowest BCUT2D eigenvalue weighted by molar-refractivity contribution is 0.101. The van der Waals surface area contributed by atoms with E-state index < -0.39 is 0 Å². The Labute approximate surface area is 123 Å². The molecule has 2 rings (SSSR count). The van der Waals surface area contributed by atoms with Crippen LogP contribution in [-0.2, 0) is 0 Å². The van der Waals surface area contributed by atoms with Gasteiger partial charge in [0.05, 0.1) is 6.04 Å². The van der Waals surface area contributed by atoms with Crippen LogP contribution >= 0.6 is 0 Å². The summed E-state index contributed by atoms with van der Waals surface area (Å²) in [7, 11) is 0. The highest BCUT2D eigenvalue weighted by Crippen LogP contribution is 2.12. The smallest absolute Gasteiger partial charge is 0.319 e. The Morgan fingerprint density at radius 2 is 1.67 bits per heavy atom. The van der Waals surface area contributed by atoms with Crippen molar-refractivity contribution in [3.8, 4) is 0 Å². The molecule has 1 heterocycles. The van der Waals surface area contributed by atoms with E-state index in [0.717, 1.165) is 5.56 Å². The zero-order chi connectivity index (χ0) is 15.2. The molecule has 0 saturated heterocycles. The highest BCUT2D eigenvalue weighted by molar-refractivity contribution is 5.95. The van der Waals surface area contributed by atoms with E-state index >= 15 is 0 Å². The summed E-state index contributed by atoms with van der Waals surface area (Å²) in [6.45, 7) is 3.40. The minimum absolute atomic E-state index is 0.00249. The Kier molecular flexibility index (Phi) is 4.66. The Morgan fingerprint density at radius 1 is 1.05 bits per heavy atom. The Morgan fingerprint density at radius 3 is 2.24 bits per heavy atom. The van der Waals surface area contributed by atoms with Crippen LogP contribution in [0.3, 0.4) is 0 Å². The summed E-state index contributed by atoms with van der Waals surface area (Å²) in [5.74, 6) is -0.00249. The molecule has 5 heteroatoms. The number of hydrogen-bond acceptors (Lipinski definition) is 3. The van der Waals surface area contributed by atoms with Crippen molar-refractivity contribution in [2.45, 2.75) is 19.9 Å². The maximum Gasteiger partial charge on any atom is 0.319 e. The molecule has 2 amide bonds. The average Bonchev–Trinajstić information content (AvgIpc) is 2.48. The largest absolute Gasteiger partial charge is 0.331 e. The fraction of sp³-hybridized carbons (Fsp3) is 0.188. The van der Waals surface area contributed by atoms with Gasteiger partial charge < -0.3 is 10.6 Å². The number of carbonyl (C=O) groups excluding carboxylic acids is 2. The van der Waals surface area contributed by atoms with Gasteiger partial charge in [0, 0.05) is 23.6 Å². The van der Waals surface area contributed by atoms with Crippen LogP contribution < -0.4 is 10.6 Å². The summed E-state index contributed by atoms with van der Waals surface area (Å²) in [5.41, 5.74) is 2.23. The van der Waals surface area contributed by atoms with Crippen LogP contribution in [-0.4, -0.2) is 16.8 Å². The Hall–Kier alpha value is -2.69. The summed E-state index contributed by atoms with van der Waals surface area (Å²) in [6.07, 6.45) is 3.37. The first kappa shape index (κ1) is 14.7. The van der Waals surface area contributed by atoms with Crippen molar-refractivity contribution in [1.82, 2.24) is 10.3 Å². The van der Waals surface area contributed by atoms with Crippen LogP contribution in [0.25, 0.3) is 0 Å². The molecule has 0 aliphatic heterocycles. The number of hydrogen-bond donors (Lipinski definition) is 2. The molecule has 0 fully saturated rings. The molecule has 5 nitrogen and oxygen atoms in total. The van der Waals surface area contributed by atoms with Gasteiger partial charge in [-0.25, -0.2) is 4.79 Å². The van der Waals surface area contributed by atoms with Crippen molar-refractivity contribution in [1.29, 1.82) is 0 Å². The summed E-state index contributed by atoms with van der Waals surface area (Å²) in [4.78, 5) is 27.0. The number of amides is 2. The molecule has 0 bridgehead atoms. The van der Waals surface area contributed by atoms with Gasteiger partial charge in [-0.05, 0) is 55.8 Å². The average molecular weight is 283 g/mol. The fourth-order valence-electron chi connectivity index (χ4n) is 1.89. The number of rotatable bonds is 4. The fourth-order valence-corrected chi connectivity index (χ4v) is 1.89. The Balaban J connectivity index is 1.94. The van der Waals surface area contributed by atoms with E-state index in [0.29, 0.717) is 11.3 Å². The van der Waals surface area contributed by atoms with Gasteiger partial charge in [-0.2, -0.15) is 0 Å². The summed E-state index contributed by atoms with van der Waals surface area (Å²) in [5, 5.41) is 5.57. The van der Waals surface area contributed by atoms with E-state index in [1.54, 1.807) is 36.7 Å². The van der Waals surface area contributed by atoms with Crippen molar-refractivity contribution in [2.24, 2.45) is 0 Å². The van der Waals surface area contributed by atoms with E-state index in [1.165, 1.54) is 6.92 Å². The van der Waals surface area contributed by atoms with E-state index in [-0.39, 0.29) is 17.9 Å². The molecule has 0 aliphatic rings. The summed E-state index contributed by atoms with van der Waals surface area (Å²) >= 11 is 0. The van der Waals surface area contributed by atoms with E-state index in [9.17, 15) is 9.59 Å². The second-order valence-electron chi connectivity index (χ2n) is 4.73. The van der Waals surface area contributed by atoms with Crippen molar-refractivity contribution in [2.75, 3.05) is 5.32 Å². The predicted molar refractivity (Wildman–Crippen MR) is 81.3 cm³/mol. The van der Waals surface area contributed by atoms with Crippen molar-refractivity contribution >= 4 is 17.5 Å². The molecule has 1 unspecified atom stereocenters. The number of benzene rings is 1. The SMILES string of the molecule is CC(=O)c1ccc(NC(=O)NC(C)c2ccncc2)cc1. The number of Topliss-reactive ketones (excluding diaryl/α,β-unsaturated/α-hetero) is 1. The highest BCUT2D eigenvalue weighted by atomic mass is 16.2. The van der Waals surface area contributed by atoms with Gasteiger partial charge in [0.1, 0.15) is 0 Å². The highest BCUT2D eigenvalue weighted by Gasteiger charge is 2.09. The van der Waals surface area contributed by atoms with Crippen LogP contribution in [0.4, 0.5) is 10.5 Å². The lowest BCUT2D eigenvalue weighted by Gasteiger charge is -2.14. The van der Waals surface area contributed by atoms with Gasteiger partial charge in [0.25, 0.3) is 0 Å². The number of nitrogens with one attached hydrogen (secondary N) is 2. The molecule has 2 aromatic rings. The van der Waals surface area contributed by atoms with Gasteiger partial charge in [-0.1, -0.05) is 0 Å². The molecule has 1 aromatic heterocycles. The predicted octanol–water partition coefficient (Wildman–Crippen LogP) is 3.17. The normalized spacial score (nSPS) is 11.5. The number of urea groups is 1. The van der Waals surface area contributed by atoms with Crippen LogP contribution in [0, 0.1) is 0 Å². The first-order chi connectivity index (χ1) is 10.1. The number of carbonyl (C=O) groups is 2. The minimum Gasteiger partial charge on any atom is -0.331 e. The lowest BCUT2D eigenvalue weighted by atomic mass is 10.1. The van der Waals surface area contributed by atoms with Crippen LogP contribution in [0.2, 0.25) is 0 Å². The molecule has 0 saturated carbocycles. The summed E-state index contributed by atoms with van der Waals surface area (Å²) < 4.78 is 0. The van der Waals surface area contributed by atoms with Crippen molar-refractivity contribution in [3.63, 3.8) is 0 Å². The zero-order valence-electron chi connectivity index (χ0n) is 12.0. The van der Waals surface area contributed by atoms with Gasteiger partial charge in [-0.15, -0.1) is 0 Å². The summed E-state index contributed by atoms with van der Waals surface area (Å²) in [6, 6.07) is 10.1. The number of pyridine rings is 1. The van der Waals surface area contributed by atoms with Crippen LogP contribution in [0.1, 0.15) is 35.8 Å². The van der Waals surface area contributed by atoms with Gasteiger partial charge in [-0.3, -0.25) is 9.78 Å². The van der Waals surface area contributed by atoms with Crippen molar-refractivity contribution in [3.05, 3.63) is 59.9 Å². The van der Waals surface area contributed by atoms with Gasteiger partial charge >= 0.3 is 6.03 Å². The van der Waals surface area contributed by atoms with E-state index in [1.807, 2.05) is 19.1 Å². The van der Waals surface area contributed by atoms with Gasteiger partial charge in [0.15, 0.2) is 5.78 Å². The molecule has 1 atom stereocenters. The third kappa shape index (κ3) is 4.14. The number of aromatic nitrogens is 1. The standard InChI is InChI=1S/C16H17N3O2/c1-11(13-7-9-17-10-8-13)18-16(21)19-15-5-3-14(4-6-15)12(2)20/h3-11H,1-2H3,(H2,18,19,21). The molecule has 1 aromatic carbocycles. The topological polar surface area (TPSA) is 71.1 Å². The zero-order valence-corrected chi connectivity index (χ0v) is 12.0. The second-order valence-corrected chi connectivity index (χ2v) is 4.73. The van der Waals surface area contributed by atoms with Gasteiger partial charge in [0.2, 0.25) is 0 Å². The first-order valence-corrected chi connectivity index (χ1v) is 6.64. The first-order valence-electron chi connectivity index (χ1n) is 6.64. The third-order valence-corrected chi connectivity index (χ3v) is 3.10. The maximum absolute atomic E-state index is 11.9. The maximum atomic E-state index is 11.9. The Bertz CT molecular complexity index is 624. The monoisotopic (exact) mass is 283 g/mol. The molecule has 0 aliphatic carbocycles. The van der Waals surface area contributed by atoms with E-state index in [4.69, 9.17) is 0 Å². The molecular formula is C16H17N3O2. The molecule has 21 heavy (non-hydrogen) atoms. The van der Waals surface area contributed by atoms with Crippen LogP contribution in [0.5, 0.6) is 0 Å². The second kappa shape index (κ2) is 6.65. The third-order valence-electron chi connectivity index (χ3n) is 3.10. The molecular weight excluding hydrogens is 266 g/mol.